The monoisotopic (exact) mass is 494 g/mol. The molecule has 0 aliphatic carbocycles. The first-order valence-electron chi connectivity index (χ1n) is 11.9. The van der Waals surface area contributed by atoms with Crippen LogP contribution in [0, 0.1) is 5.92 Å². The Morgan fingerprint density at radius 3 is 2.11 bits per heavy atom. The van der Waals surface area contributed by atoms with Gasteiger partial charge in [-0.3, -0.25) is 9.59 Å². The van der Waals surface area contributed by atoms with Crippen molar-refractivity contribution in [3.05, 3.63) is 119 Å². The highest BCUT2D eigenvalue weighted by Crippen LogP contribution is 2.47. The summed E-state index contributed by atoms with van der Waals surface area (Å²) in [5.74, 6) is -1.23. The van der Waals surface area contributed by atoms with Gasteiger partial charge in [0.1, 0.15) is 29.1 Å². The summed E-state index contributed by atoms with van der Waals surface area (Å²) in [6.07, 6.45) is -0.747. The van der Waals surface area contributed by atoms with Crippen LogP contribution in [0.25, 0.3) is 0 Å². The molecule has 0 amide bonds. The lowest BCUT2D eigenvalue weighted by Gasteiger charge is -2.37. The van der Waals surface area contributed by atoms with Gasteiger partial charge in [0, 0.05) is 12.1 Å². The van der Waals surface area contributed by atoms with E-state index in [0.717, 1.165) is 5.56 Å². The number of phenols is 1. The van der Waals surface area contributed by atoms with Crippen LogP contribution in [-0.4, -0.2) is 30.9 Å². The molecule has 1 aliphatic rings. The molecule has 0 fully saturated rings. The average molecular weight is 495 g/mol. The largest absolute Gasteiger partial charge is 0.507 e. The number of fused-ring (bicyclic) bond motifs is 1. The highest BCUT2D eigenvalue weighted by atomic mass is 16.5. The highest BCUT2D eigenvalue weighted by molar-refractivity contribution is 6.10. The van der Waals surface area contributed by atoms with E-state index < -0.39 is 17.9 Å². The number of rotatable bonds is 7. The van der Waals surface area contributed by atoms with Gasteiger partial charge < -0.3 is 19.3 Å². The van der Waals surface area contributed by atoms with Crippen LogP contribution in [0.5, 0.6) is 23.0 Å². The number of hydrogen-bond donors (Lipinski definition) is 1. The van der Waals surface area contributed by atoms with E-state index in [1.165, 1.54) is 19.2 Å². The summed E-state index contributed by atoms with van der Waals surface area (Å²) in [6, 6.07) is 28.1. The Bertz CT molecular complexity index is 1430. The molecule has 1 N–H and O–H groups in total. The summed E-state index contributed by atoms with van der Waals surface area (Å²) >= 11 is 0. The van der Waals surface area contributed by atoms with Crippen molar-refractivity contribution in [3.8, 4) is 23.0 Å². The molecule has 0 bridgehead atoms. The predicted molar refractivity (Wildman–Crippen MR) is 139 cm³/mol. The standard InChI is InChI=1S/C31H26O6/c1-35-21-13-15-23(25(32)17-21)29(33)27(19-9-5-3-6-10-19)28-30(34)24-16-14-22(36-2)18-26(24)37-31(28)20-11-7-4-8-12-20/h3-18,27-28,31-32H,1-2H3/t27-,28+,31-/m1/s1. The predicted octanol–water partition coefficient (Wildman–Crippen LogP) is 6.01. The topological polar surface area (TPSA) is 82.1 Å². The van der Waals surface area contributed by atoms with E-state index in [1.54, 1.807) is 31.4 Å². The quantitative estimate of drug-likeness (QED) is 0.317. The molecule has 1 aliphatic heterocycles. The smallest absolute Gasteiger partial charge is 0.174 e. The van der Waals surface area contributed by atoms with Crippen molar-refractivity contribution >= 4 is 11.6 Å². The summed E-state index contributed by atoms with van der Waals surface area (Å²) in [5.41, 5.74) is 1.91. The van der Waals surface area contributed by atoms with Crippen LogP contribution in [0.15, 0.2) is 97.1 Å². The molecule has 0 spiro atoms. The van der Waals surface area contributed by atoms with Crippen LogP contribution in [0.3, 0.4) is 0 Å². The third kappa shape index (κ3) is 4.54. The van der Waals surface area contributed by atoms with Crippen molar-refractivity contribution in [1.82, 2.24) is 0 Å². The number of methoxy groups -OCH3 is 2. The number of ketones is 2. The fraction of sp³-hybridized carbons (Fsp3) is 0.161. The van der Waals surface area contributed by atoms with E-state index in [1.807, 2.05) is 60.7 Å². The van der Waals surface area contributed by atoms with E-state index >= 15 is 0 Å². The SMILES string of the molecule is COc1ccc(C(=O)[C@H](c2ccccc2)[C@H]2C(=O)c3ccc(OC)cc3O[C@@H]2c2ccccc2)c(O)c1. The van der Waals surface area contributed by atoms with Gasteiger partial charge in [-0.05, 0) is 35.4 Å². The Balaban J connectivity index is 1.69. The second kappa shape index (κ2) is 10.2. The maximum Gasteiger partial charge on any atom is 0.174 e. The van der Waals surface area contributed by atoms with Gasteiger partial charge in [0.15, 0.2) is 11.6 Å². The van der Waals surface area contributed by atoms with Crippen LogP contribution in [0.2, 0.25) is 0 Å². The van der Waals surface area contributed by atoms with Crippen LogP contribution in [0.4, 0.5) is 0 Å². The van der Waals surface area contributed by atoms with Gasteiger partial charge in [0.2, 0.25) is 0 Å². The third-order valence-corrected chi connectivity index (χ3v) is 6.74. The van der Waals surface area contributed by atoms with E-state index in [-0.39, 0.29) is 22.9 Å². The number of hydrogen-bond acceptors (Lipinski definition) is 6. The lowest BCUT2D eigenvalue weighted by atomic mass is 9.71. The molecule has 0 aromatic heterocycles. The molecule has 186 valence electrons. The summed E-state index contributed by atoms with van der Waals surface area (Å²) in [6.45, 7) is 0. The van der Waals surface area contributed by atoms with Crippen molar-refractivity contribution in [3.63, 3.8) is 0 Å². The molecule has 3 atom stereocenters. The molecule has 4 aromatic carbocycles. The molecule has 1 heterocycles. The fourth-order valence-electron chi connectivity index (χ4n) is 4.90. The minimum absolute atomic E-state index is 0.106. The molecular weight excluding hydrogens is 468 g/mol. The molecule has 0 saturated heterocycles. The Morgan fingerprint density at radius 2 is 1.46 bits per heavy atom. The second-order valence-corrected chi connectivity index (χ2v) is 8.84. The molecule has 5 rings (SSSR count). The molecule has 6 nitrogen and oxygen atoms in total. The maximum atomic E-state index is 14.2. The van der Waals surface area contributed by atoms with Gasteiger partial charge in [0.25, 0.3) is 0 Å². The van der Waals surface area contributed by atoms with Gasteiger partial charge in [-0.2, -0.15) is 0 Å². The Hall–Kier alpha value is -4.58. The van der Waals surface area contributed by atoms with Gasteiger partial charge in [-0.25, -0.2) is 0 Å². The van der Waals surface area contributed by atoms with Crippen LogP contribution in [0.1, 0.15) is 43.9 Å². The fourth-order valence-corrected chi connectivity index (χ4v) is 4.90. The van der Waals surface area contributed by atoms with Gasteiger partial charge in [0.05, 0.1) is 37.2 Å². The van der Waals surface area contributed by atoms with E-state index in [4.69, 9.17) is 14.2 Å². The van der Waals surface area contributed by atoms with Crippen LogP contribution < -0.4 is 14.2 Å². The summed E-state index contributed by atoms with van der Waals surface area (Å²) in [5, 5.41) is 10.7. The number of benzene rings is 4. The molecule has 0 saturated carbocycles. The lowest BCUT2D eigenvalue weighted by Crippen LogP contribution is -2.39. The van der Waals surface area contributed by atoms with E-state index in [0.29, 0.717) is 28.4 Å². The van der Waals surface area contributed by atoms with Crippen molar-refractivity contribution in [2.24, 2.45) is 5.92 Å². The van der Waals surface area contributed by atoms with Crippen molar-refractivity contribution in [2.45, 2.75) is 12.0 Å². The summed E-state index contributed by atoms with van der Waals surface area (Å²) < 4.78 is 17.0. The van der Waals surface area contributed by atoms with E-state index in [2.05, 4.69) is 0 Å². The Labute approximate surface area is 215 Å². The highest BCUT2D eigenvalue weighted by Gasteiger charge is 2.47. The second-order valence-electron chi connectivity index (χ2n) is 8.84. The first-order valence-corrected chi connectivity index (χ1v) is 11.9. The molecule has 37 heavy (non-hydrogen) atoms. The van der Waals surface area contributed by atoms with Crippen molar-refractivity contribution in [2.75, 3.05) is 14.2 Å². The molecule has 4 aromatic rings. The molecule has 6 heteroatoms. The number of ether oxygens (including phenoxy) is 3. The Morgan fingerprint density at radius 1 is 0.838 bits per heavy atom. The van der Waals surface area contributed by atoms with Crippen molar-refractivity contribution in [1.29, 1.82) is 0 Å². The van der Waals surface area contributed by atoms with E-state index in [9.17, 15) is 14.7 Å². The number of Topliss-reactive ketones (excluding diaryl/α,β-unsaturated/α-hetero) is 2. The maximum absolute atomic E-state index is 14.2. The normalized spacial score (nSPS) is 17.3. The summed E-state index contributed by atoms with van der Waals surface area (Å²) in [4.78, 5) is 28.4. The zero-order valence-corrected chi connectivity index (χ0v) is 20.5. The number of phenolic OH excluding ortho intramolecular Hbond substituents is 1. The van der Waals surface area contributed by atoms with Crippen molar-refractivity contribution < 1.29 is 28.9 Å². The summed E-state index contributed by atoms with van der Waals surface area (Å²) in [7, 11) is 3.03. The van der Waals surface area contributed by atoms with Gasteiger partial charge >= 0.3 is 0 Å². The zero-order valence-electron chi connectivity index (χ0n) is 20.5. The average Bonchev–Trinajstić information content (AvgIpc) is 2.94. The minimum atomic E-state index is -0.923. The number of aromatic hydroxyl groups is 1. The molecule has 0 radical (unpaired) electrons. The zero-order chi connectivity index (χ0) is 25.9. The van der Waals surface area contributed by atoms with Crippen LogP contribution in [-0.2, 0) is 0 Å². The first kappa shape index (κ1) is 24.1. The lowest BCUT2D eigenvalue weighted by molar-refractivity contribution is 0.0547. The molecular formula is C31H26O6. The number of carbonyl (C=O) groups excluding carboxylic acids is 2. The molecule has 0 unspecified atom stereocenters. The van der Waals surface area contributed by atoms with Gasteiger partial charge in [-0.15, -0.1) is 0 Å². The first-order chi connectivity index (χ1) is 18.0. The Kier molecular flexibility index (Phi) is 6.64. The van der Waals surface area contributed by atoms with Crippen LogP contribution >= 0.6 is 0 Å². The minimum Gasteiger partial charge on any atom is -0.507 e. The third-order valence-electron chi connectivity index (χ3n) is 6.74. The van der Waals surface area contributed by atoms with Gasteiger partial charge in [-0.1, -0.05) is 60.7 Å². The number of carbonyl (C=O) groups is 2.